The summed E-state index contributed by atoms with van der Waals surface area (Å²) in [5, 5.41) is 4.16. The van der Waals surface area contributed by atoms with Crippen molar-refractivity contribution in [2.24, 2.45) is 0 Å². The first kappa shape index (κ1) is 17.0. The van der Waals surface area contributed by atoms with E-state index >= 15 is 0 Å². The fourth-order valence-corrected chi connectivity index (χ4v) is 4.81. The van der Waals surface area contributed by atoms with Crippen LogP contribution in [-0.4, -0.2) is 30.5 Å². The second-order valence-electron chi connectivity index (χ2n) is 5.39. The van der Waals surface area contributed by atoms with E-state index in [9.17, 15) is 13.2 Å². The zero-order valence-corrected chi connectivity index (χ0v) is 15.7. The van der Waals surface area contributed by atoms with Crippen molar-refractivity contribution >= 4 is 53.8 Å². The summed E-state index contributed by atoms with van der Waals surface area (Å²) in [7, 11) is -3.27. The van der Waals surface area contributed by atoms with Crippen molar-refractivity contribution in [3.05, 3.63) is 33.8 Å². The molecule has 126 valence electrons. The lowest BCUT2D eigenvalue weighted by molar-refractivity contribution is -0.115. The number of rotatable bonds is 4. The van der Waals surface area contributed by atoms with Gasteiger partial charge < -0.3 is 5.32 Å². The van der Waals surface area contributed by atoms with Gasteiger partial charge in [0.25, 0.3) is 0 Å². The molecule has 3 aromatic rings. The lowest BCUT2D eigenvalue weighted by Gasteiger charge is -1.99. The highest BCUT2D eigenvalue weighted by Crippen LogP contribution is 2.28. The minimum Gasteiger partial charge on any atom is -0.302 e. The fraction of sp³-hybridized carbons (Fsp3) is 0.267. The van der Waals surface area contributed by atoms with Gasteiger partial charge in [-0.15, -0.1) is 11.3 Å². The Morgan fingerprint density at radius 1 is 1.21 bits per heavy atom. The van der Waals surface area contributed by atoms with Gasteiger partial charge in [0, 0.05) is 11.1 Å². The largest absolute Gasteiger partial charge is 0.302 e. The van der Waals surface area contributed by atoms with Gasteiger partial charge in [0.05, 0.1) is 32.2 Å². The highest BCUT2D eigenvalue weighted by atomic mass is 32.2. The Kier molecular flexibility index (Phi) is 4.41. The van der Waals surface area contributed by atoms with Crippen LogP contribution in [-0.2, 0) is 21.1 Å². The summed E-state index contributed by atoms with van der Waals surface area (Å²) < 4.78 is 23.9. The van der Waals surface area contributed by atoms with Gasteiger partial charge in [-0.1, -0.05) is 11.3 Å². The summed E-state index contributed by atoms with van der Waals surface area (Å²) in [6, 6.07) is 4.75. The Labute approximate surface area is 147 Å². The SMILES string of the molecule is Cc1nc(C)c(CC(=O)Nc2nc3ccc(S(C)(=O)=O)cc3s2)s1. The number of amides is 1. The van der Waals surface area contributed by atoms with Crippen LogP contribution in [0, 0.1) is 13.8 Å². The average molecular weight is 382 g/mol. The summed E-state index contributed by atoms with van der Waals surface area (Å²) >= 11 is 2.76. The van der Waals surface area contributed by atoms with Gasteiger partial charge in [0.15, 0.2) is 15.0 Å². The zero-order valence-electron chi connectivity index (χ0n) is 13.3. The summed E-state index contributed by atoms with van der Waals surface area (Å²) in [6.45, 7) is 3.79. The molecule has 0 bridgehead atoms. The molecule has 24 heavy (non-hydrogen) atoms. The zero-order chi connectivity index (χ0) is 17.5. The van der Waals surface area contributed by atoms with Crippen LogP contribution in [0.1, 0.15) is 15.6 Å². The molecular formula is C15H15N3O3S3. The molecule has 0 aliphatic heterocycles. The number of sulfone groups is 1. The predicted octanol–water partition coefficient (Wildman–Crippen LogP) is 2.95. The van der Waals surface area contributed by atoms with E-state index in [2.05, 4.69) is 15.3 Å². The topological polar surface area (TPSA) is 89.0 Å². The highest BCUT2D eigenvalue weighted by Gasteiger charge is 2.14. The van der Waals surface area contributed by atoms with Gasteiger partial charge in [-0.2, -0.15) is 0 Å². The van der Waals surface area contributed by atoms with Crippen LogP contribution in [0.5, 0.6) is 0 Å². The van der Waals surface area contributed by atoms with Crippen LogP contribution in [0.15, 0.2) is 23.1 Å². The number of fused-ring (bicyclic) bond motifs is 1. The molecule has 9 heteroatoms. The minimum absolute atomic E-state index is 0.163. The molecule has 0 unspecified atom stereocenters. The smallest absolute Gasteiger partial charge is 0.231 e. The highest BCUT2D eigenvalue weighted by molar-refractivity contribution is 7.90. The van der Waals surface area contributed by atoms with E-state index in [0.29, 0.717) is 10.6 Å². The number of benzene rings is 1. The van der Waals surface area contributed by atoms with Gasteiger partial charge >= 0.3 is 0 Å². The van der Waals surface area contributed by atoms with Crippen LogP contribution in [0.2, 0.25) is 0 Å². The van der Waals surface area contributed by atoms with Crippen molar-refractivity contribution in [3.63, 3.8) is 0 Å². The molecular weight excluding hydrogens is 366 g/mol. The van der Waals surface area contributed by atoms with E-state index in [1.54, 1.807) is 12.1 Å². The van der Waals surface area contributed by atoms with Gasteiger partial charge in [-0.25, -0.2) is 18.4 Å². The molecule has 0 spiro atoms. The van der Waals surface area contributed by atoms with Crippen molar-refractivity contribution in [2.75, 3.05) is 11.6 Å². The fourth-order valence-electron chi connectivity index (χ4n) is 2.24. The second kappa shape index (κ2) is 6.23. The Bertz CT molecular complexity index is 1030. The minimum atomic E-state index is -3.27. The number of hydrogen-bond acceptors (Lipinski definition) is 7. The summed E-state index contributed by atoms with van der Waals surface area (Å²) in [4.78, 5) is 22.0. The van der Waals surface area contributed by atoms with E-state index in [1.807, 2.05) is 13.8 Å². The van der Waals surface area contributed by atoms with Gasteiger partial charge in [0.2, 0.25) is 5.91 Å². The predicted molar refractivity (Wildman–Crippen MR) is 96.7 cm³/mol. The number of aromatic nitrogens is 2. The Hall–Kier alpha value is -1.84. The first-order valence-corrected chi connectivity index (χ1v) is 10.6. The molecule has 0 saturated heterocycles. The monoisotopic (exact) mass is 381 g/mol. The summed E-state index contributed by atoms with van der Waals surface area (Å²) in [5.41, 5.74) is 1.53. The molecule has 0 radical (unpaired) electrons. The van der Waals surface area contributed by atoms with Gasteiger partial charge in [0.1, 0.15) is 0 Å². The van der Waals surface area contributed by atoms with Crippen LogP contribution in [0.4, 0.5) is 5.13 Å². The first-order chi connectivity index (χ1) is 11.2. The van der Waals surface area contributed by atoms with Gasteiger partial charge in [-0.05, 0) is 32.0 Å². The first-order valence-electron chi connectivity index (χ1n) is 7.06. The average Bonchev–Trinajstić information content (AvgIpc) is 2.99. The van der Waals surface area contributed by atoms with Crippen molar-refractivity contribution < 1.29 is 13.2 Å². The molecule has 1 amide bonds. The molecule has 3 rings (SSSR count). The van der Waals surface area contributed by atoms with E-state index in [4.69, 9.17) is 0 Å². The van der Waals surface area contributed by atoms with Crippen molar-refractivity contribution in [2.45, 2.75) is 25.2 Å². The molecule has 1 aromatic carbocycles. The number of thiazole rings is 2. The normalized spacial score (nSPS) is 11.8. The molecule has 0 atom stereocenters. The number of hydrogen-bond donors (Lipinski definition) is 1. The van der Waals surface area contributed by atoms with Gasteiger partial charge in [-0.3, -0.25) is 4.79 Å². The molecule has 0 saturated carbocycles. The number of aryl methyl sites for hydroxylation is 2. The molecule has 0 aliphatic carbocycles. The third kappa shape index (κ3) is 3.63. The van der Waals surface area contributed by atoms with Crippen LogP contribution < -0.4 is 5.32 Å². The number of anilines is 1. The Morgan fingerprint density at radius 2 is 1.96 bits per heavy atom. The van der Waals surface area contributed by atoms with Crippen molar-refractivity contribution in [1.82, 2.24) is 9.97 Å². The molecule has 1 N–H and O–H groups in total. The molecule has 0 aliphatic rings. The summed E-state index contributed by atoms with van der Waals surface area (Å²) in [6.07, 6.45) is 1.42. The Morgan fingerprint density at radius 3 is 2.58 bits per heavy atom. The maximum absolute atomic E-state index is 12.2. The van der Waals surface area contributed by atoms with E-state index in [1.165, 1.54) is 28.7 Å². The van der Waals surface area contributed by atoms with Crippen molar-refractivity contribution in [3.8, 4) is 0 Å². The lowest BCUT2D eigenvalue weighted by Crippen LogP contribution is -2.13. The number of nitrogens with one attached hydrogen (secondary N) is 1. The summed E-state index contributed by atoms with van der Waals surface area (Å²) in [5.74, 6) is -0.163. The molecule has 6 nitrogen and oxygen atoms in total. The number of carbonyl (C=O) groups excluding carboxylic acids is 1. The number of carbonyl (C=O) groups is 1. The molecule has 0 fully saturated rings. The number of nitrogens with zero attached hydrogens (tertiary/aromatic N) is 2. The molecule has 2 aromatic heterocycles. The maximum Gasteiger partial charge on any atom is 0.231 e. The van der Waals surface area contributed by atoms with Crippen molar-refractivity contribution in [1.29, 1.82) is 0 Å². The third-order valence-electron chi connectivity index (χ3n) is 3.36. The van der Waals surface area contributed by atoms with Crippen LogP contribution >= 0.6 is 22.7 Å². The van der Waals surface area contributed by atoms with Crippen LogP contribution in [0.25, 0.3) is 10.2 Å². The lowest BCUT2D eigenvalue weighted by atomic mass is 10.3. The standard InChI is InChI=1S/C15H15N3O3S3/c1-8-12(22-9(2)16-8)7-14(19)18-15-17-11-5-4-10(24(3,20)21)6-13(11)23-15/h4-6H,7H2,1-3H3,(H,17,18,19). The van der Waals surface area contributed by atoms with E-state index in [0.717, 1.165) is 26.5 Å². The van der Waals surface area contributed by atoms with E-state index < -0.39 is 9.84 Å². The third-order valence-corrected chi connectivity index (χ3v) is 6.47. The maximum atomic E-state index is 12.2. The Balaban J connectivity index is 1.80. The quantitative estimate of drug-likeness (QED) is 0.750. The molecule has 2 heterocycles. The second-order valence-corrected chi connectivity index (χ2v) is 9.72. The van der Waals surface area contributed by atoms with E-state index in [-0.39, 0.29) is 17.2 Å². The van der Waals surface area contributed by atoms with Crippen LogP contribution in [0.3, 0.4) is 0 Å².